The van der Waals surface area contributed by atoms with E-state index in [2.05, 4.69) is 4.98 Å². The first-order valence-corrected chi connectivity index (χ1v) is 6.09. The second kappa shape index (κ2) is 6.44. The van der Waals surface area contributed by atoms with Gasteiger partial charge >= 0.3 is 0 Å². The Hall–Kier alpha value is -1.00. The minimum atomic E-state index is -0.163. The van der Waals surface area contributed by atoms with Crippen molar-refractivity contribution in [1.29, 1.82) is 5.41 Å². The van der Waals surface area contributed by atoms with Crippen LogP contribution in [0.2, 0.25) is 15.1 Å². The van der Waals surface area contributed by atoms with Crippen molar-refractivity contribution in [3.63, 3.8) is 0 Å². The summed E-state index contributed by atoms with van der Waals surface area (Å²) in [6.07, 6.45) is 0. The van der Waals surface area contributed by atoms with E-state index in [1.807, 2.05) is 0 Å². The number of pyridine rings is 1. The van der Waals surface area contributed by atoms with Crippen molar-refractivity contribution in [2.24, 2.45) is 5.73 Å². The third kappa shape index (κ3) is 3.51. The maximum absolute atomic E-state index is 7.39. The van der Waals surface area contributed by atoms with E-state index in [-0.39, 0.29) is 23.9 Å². The summed E-state index contributed by atoms with van der Waals surface area (Å²) in [5.41, 5.74) is 6.92. The summed E-state index contributed by atoms with van der Waals surface area (Å²) < 4.78 is 0. The molecule has 100 valence electrons. The first-order valence-electron chi connectivity index (χ1n) is 4.95. The molecular formula is C12H9Cl4N3. The van der Waals surface area contributed by atoms with Gasteiger partial charge in [-0.15, -0.1) is 12.4 Å². The van der Waals surface area contributed by atoms with Crippen LogP contribution in [-0.2, 0) is 0 Å². The van der Waals surface area contributed by atoms with Gasteiger partial charge in [0.1, 0.15) is 11.5 Å². The summed E-state index contributed by atoms with van der Waals surface area (Å²) in [6.45, 7) is 0. The van der Waals surface area contributed by atoms with E-state index >= 15 is 0 Å². The molecule has 1 aromatic heterocycles. The van der Waals surface area contributed by atoms with Gasteiger partial charge in [0.05, 0.1) is 15.7 Å². The van der Waals surface area contributed by atoms with Crippen molar-refractivity contribution in [2.45, 2.75) is 0 Å². The van der Waals surface area contributed by atoms with Crippen molar-refractivity contribution in [1.82, 2.24) is 4.98 Å². The van der Waals surface area contributed by atoms with E-state index in [9.17, 15) is 0 Å². The van der Waals surface area contributed by atoms with Gasteiger partial charge < -0.3 is 5.73 Å². The zero-order chi connectivity index (χ0) is 13.3. The van der Waals surface area contributed by atoms with Gasteiger partial charge in [-0.25, -0.2) is 4.98 Å². The Balaban J connectivity index is 0.00000180. The number of hydrogen-bond acceptors (Lipinski definition) is 2. The molecule has 0 unspecified atom stereocenters. The van der Waals surface area contributed by atoms with E-state index in [0.717, 1.165) is 5.56 Å². The van der Waals surface area contributed by atoms with Crippen molar-refractivity contribution in [2.75, 3.05) is 0 Å². The summed E-state index contributed by atoms with van der Waals surface area (Å²) in [7, 11) is 0. The standard InChI is InChI=1S/C12H8Cl3N3.ClH/c13-7-3-1-6(2-4-7)11-10(15)8(14)5-9(18-11)12(16)17;/h1-5H,(H3,16,17);1H. The van der Waals surface area contributed by atoms with E-state index in [1.165, 1.54) is 6.07 Å². The predicted molar refractivity (Wildman–Crippen MR) is 83.0 cm³/mol. The van der Waals surface area contributed by atoms with Crippen LogP contribution < -0.4 is 5.73 Å². The quantitative estimate of drug-likeness (QED) is 0.630. The van der Waals surface area contributed by atoms with Gasteiger partial charge in [0.25, 0.3) is 0 Å². The van der Waals surface area contributed by atoms with Crippen LogP contribution in [0.25, 0.3) is 11.3 Å². The zero-order valence-electron chi connectivity index (χ0n) is 9.45. The van der Waals surface area contributed by atoms with Crippen LogP contribution in [0.4, 0.5) is 0 Å². The maximum Gasteiger partial charge on any atom is 0.141 e. The average Bonchev–Trinajstić information content (AvgIpc) is 2.33. The van der Waals surface area contributed by atoms with Crippen LogP contribution in [0.1, 0.15) is 5.69 Å². The Morgan fingerprint density at radius 2 is 1.68 bits per heavy atom. The smallest absolute Gasteiger partial charge is 0.141 e. The fourth-order valence-corrected chi connectivity index (χ4v) is 1.96. The molecule has 0 spiro atoms. The Labute approximate surface area is 131 Å². The van der Waals surface area contributed by atoms with Crippen LogP contribution >= 0.6 is 47.2 Å². The number of benzene rings is 1. The lowest BCUT2D eigenvalue weighted by Gasteiger charge is -2.08. The Kier molecular flexibility index (Phi) is 5.44. The van der Waals surface area contributed by atoms with Crippen LogP contribution in [0.3, 0.4) is 0 Å². The molecule has 3 N–H and O–H groups in total. The number of amidine groups is 1. The molecule has 0 amide bonds. The number of halogens is 4. The Morgan fingerprint density at radius 1 is 1.11 bits per heavy atom. The van der Waals surface area contributed by atoms with Crippen LogP contribution in [-0.4, -0.2) is 10.8 Å². The molecule has 19 heavy (non-hydrogen) atoms. The molecule has 3 nitrogen and oxygen atoms in total. The second-order valence-corrected chi connectivity index (χ2v) is 4.79. The summed E-state index contributed by atoms with van der Waals surface area (Å²) in [5, 5.41) is 8.63. The van der Waals surface area contributed by atoms with Crippen molar-refractivity contribution in [3.8, 4) is 11.3 Å². The number of aromatic nitrogens is 1. The summed E-state index contributed by atoms with van der Waals surface area (Å²) in [5.74, 6) is -0.163. The van der Waals surface area contributed by atoms with Gasteiger partial charge in [0.2, 0.25) is 0 Å². The van der Waals surface area contributed by atoms with Gasteiger partial charge in [-0.1, -0.05) is 46.9 Å². The lowest BCUT2D eigenvalue weighted by molar-refractivity contribution is 1.26. The highest BCUT2D eigenvalue weighted by molar-refractivity contribution is 6.43. The largest absolute Gasteiger partial charge is 0.382 e. The molecule has 0 aliphatic rings. The van der Waals surface area contributed by atoms with E-state index < -0.39 is 0 Å². The van der Waals surface area contributed by atoms with E-state index in [0.29, 0.717) is 20.8 Å². The van der Waals surface area contributed by atoms with Crippen LogP contribution in [0.5, 0.6) is 0 Å². The number of nitrogen functional groups attached to an aromatic ring is 1. The second-order valence-electron chi connectivity index (χ2n) is 3.57. The Morgan fingerprint density at radius 3 is 2.21 bits per heavy atom. The number of nitrogens with one attached hydrogen (secondary N) is 1. The first kappa shape index (κ1) is 16.1. The minimum Gasteiger partial charge on any atom is -0.382 e. The zero-order valence-corrected chi connectivity index (χ0v) is 12.5. The molecule has 0 bridgehead atoms. The highest BCUT2D eigenvalue weighted by Gasteiger charge is 2.12. The highest BCUT2D eigenvalue weighted by atomic mass is 35.5. The number of hydrogen-bond donors (Lipinski definition) is 2. The molecule has 2 aromatic rings. The molecule has 1 heterocycles. The molecule has 0 saturated heterocycles. The summed E-state index contributed by atoms with van der Waals surface area (Å²) in [4.78, 5) is 4.22. The number of nitrogens with two attached hydrogens (primary N) is 1. The molecule has 2 rings (SSSR count). The molecular weight excluding hydrogens is 328 g/mol. The van der Waals surface area contributed by atoms with Crippen LogP contribution in [0.15, 0.2) is 30.3 Å². The lowest BCUT2D eigenvalue weighted by Crippen LogP contribution is -2.13. The van der Waals surface area contributed by atoms with E-state index in [1.54, 1.807) is 24.3 Å². The lowest BCUT2D eigenvalue weighted by atomic mass is 10.1. The Bertz CT molecular complexity index is 611. The number of nitrogens with zero attached hydrogens (tertiary/aromatic N) is 1. The highest BCUT2D eigenvalue weighted by Crippen LogP contribution is 2.33. The molecule has 0 saturated carbocycles. The average molecular weight is 337 g/mol. The summed E-state index contributed by atoms with van der Waals surface area (Å²) in [6, 6.07) is 8.46. The topological polar surface area (TPSA) is 62.8 Å². The molecule has 0 atom stereocenters. The van der Waals surface area contributed by atoms with E-state index in [4.69, 9.17) is 45.9 Å². The SMILES string of the molecule is Cl.N=C(N)c1cc(Cl)c(Cl)c(-c2ccc(Cl)cc2)n1. The first-order chi connectivity index (χ1) is 8.49. The molecule has 7 heteroatoms. The van der Waals surface area contributed by atoms with Gasteiger partial charge in [-0.2, -0.15) is 0 Å². The summed E-state index contributed by atoms with van der Waals surface area (Å²) >= 11 is 17.9. The third-order valence-corrected chi connectivity index (χ3v) is 3.34. The van der Waals surface area contributed by atoms with Crippen LogP contribution in [0, 0.1) is 5.41 Å². The molecule has 0 radical (unpaired) electrons. The molecule has 0 aliphatic carbocycles. The van der Waals surface area contributed by atoms with Crippen molar-refractivity contribution in [3.05, 3.63) is 51.1 Å². The normalized spacial score (nSPS) is 9.84. The fraction of sp³-hybridized carbons (Fsp3) is 0. The van der Waals surface area contributed by atoms with Gasteiger partial charge in [0, 0.05) is 10.6 Å². The minimum absolute atomic E-state index is 0. The number of rotatable bonds is 2. The van der Waals surface area contributed by atoms with Crippen molar-refractivity contribution >= 4 is 53.0 Å². The fourth-order valence-electron chi connectivity index (χ4n) is 1.44. The predicted octanol–water partition coefficient (Wildman–Crippen LogP) is 4.41. The third-order valence-electron chi connectivity index (χ3n) is 2.31. The monoisotopic (exact) mass is 335 g/mol. The molecule has 1 aromatic carbocycles. The molecule has 0 aliphatic heterocycles. The maximum atomic E-state index is 7.39. The van der Waals surface area contributed by atoms with Crippen molar-refractivity contribution < 1.29 is 0 Å². The molecule has 0 fully saturated rings. The van der Waals surface area contributed by atoms with Gasteiger partial charge in [-0.3, -0.25) is 5.41 Å². The van der Waals surface area contributed by atoms with Gasteiger partial charge in [-0.05, 0) is 18.2 Å². The van der Waals surface area contributed by atoms with Gasteiger partial charge in [0.15, 0.2) is 0 Å².